The van der Waals surface area contributed by atoms with E-state index in [4.69, 9.17) is 5.11 Å². The molecule has 0 spiro atoms. The van der Waals surface area contributed by atoms with E-state index in [1.165, 1.54) is 0 Å². The standard InChI is InChI=1S/C12H13N3O2/c1-9-13-11(7-8-12(16)17)15(14-9)10-5-3-2-4-6-10/h2-6H,7-8H2,1H3,(H,16,17). The zero-order chi connectivity index (χ0) is 12.3. The Morgan fingerprint density at radius 3 is 2.71 bits per heavy atom. The van der Waals surface area contributed by atoms with Crippen LogP contribution in [-0.2, 0) is 11.2 Å². The molecule has 0 amide bonds. The molecule has 0 aliphatic heterocycles. The summed E-state index contributed by atoms with van der Waals surface area (Å²) >= 11 is 0. The highest BCUT2D eigenvalue weighted by Gasteiger charge is 2.10. The maximum atomic E-state index is 10.6. The number of carboxylic acid groups (broad SMARTS) is 1. The highest BCUT2D eigenvalue weighted by atomic mass is 16.4. The zero-order valence-electron chi connectivity index (χ0n) is 9.50. The summed E-state index contributed by atoms with van der Waals surface area (Å²) in [6, 6.07) is 9.57. The van der Waals surface area contributed by atoms with Crippen LogP contribution in [0.3, 0.4) is 0 Å². The minimum absolute atomic E-state index is 0.0605. The van der Waals surface area contributed by atoms with Crippen LogP contribution in [0.5, 0.6) is 0 Å². The summed E-state index contributed by atoms with van der Waals surface area (Å²) in [6.07, 6.45) is 0.441. The van der Waals surface area contributed by atoms with E-state index < -0.39 is 5.97 Å². The van der Waals surface area contributed by atoms with Crippen molar-refractivity contribution in [2.45, 2.75) is 19.8 Å². The number of aryl methyl sites for hydroxylation is 2. The number of carboxylic acids is 1. The van der Waals surface area contributed by atoms with Crippen LogP contribution in [0.2, 0.25) is 0 Å². The lowest BCUT2D eigenvalue weighted by atomic mass is 10.3. The van der Waals surface area contributed by atoms with Gasteiger partial charge in [-0.1, -0.05) is 18.2 Å². The Balaban J connectivity index is 2.31. The number of benzene rings is 1. The molecule has 0 fully saturated rings. The largest absolute Gasteiger partial charge is 0.481 e. The van der Waals surface area contributed by atoms with Crippen LogP contribution < -0.4 is 0 Å². The van der Waals surface area contributed by atoms with Crippen molar-refractivity contribution in [3.8, 4) is 5.69 Å². The van der Waals surface area contributed by atoms with Crippen molar-refractivity contribution >= 4 is 5.97 Å². The molecule has 0 aliphatic carbocycles. The molecule has 0 aliphatic rings. The van der Waals surface area contributed by atoms with Gasteiger partial charge in [0.2, 0.25) is 0 Å². The Kier molecular flexibility index (Phi) is 3.18. The topological polar surface area (TPSA) is 68.0 Å². The number of hydrogen-bond donors (Lipinski definition) is 1. The molecule has 2 rings (SSSR count). The summed E-state index contributed by atoms with van der Waals surface area (Å²) < 4.78 is 1.69. The van der Waals surface area contributed by atoms with E-state index >= 15 is 0 Å². The molecule has 5 nitrogen and oxygen atoms in total. The highest BCUT2D eigenvalue weighted by Crippen LogP contribution is 2.10. The van der Waals surface area contributed by atoms with Gasteiger partial charge in [0.05, 0.1) is 12.1 Å². The minimum atomic E-state index is -0.828. The number of rotatable bonds is 4. The van der Waals surface area contributed by atoms with E-state index in [2.05, 4.69) is 10.1 Å². The van der Waals surface area contributed by atoms with Gasteiger partial charge in [-0.15, -0.1) is 0 Å². The van der Waals surface area contributed by atoms with E-state index in [0.29, 0.717) is 18.1 Å². The van der Waals surface area contributed by atoms with Crippen LogP contribution in [0.15, 0.2) is 30.3 Å². The first-order chi connectivity index (χ1) is 8.16. The fraction of sp³-hybridized carbons (Fsp3) is 0.250. The molecule has 17 heavy (non-hydrogen) atoms. The molecular formula is C12H13N3O2. The van der Waals surface area contributed by atoms with Crippen molar-refractivity contribution in [1.82, 2.24) is 14.8 Å². The van der Waals surface area contributed by atoms with Crippen molar-refractivity contribution < 1.29 is 9.90 Å². The molecule has 0 saturated carbocycles. The minimum Gasteiger partial charge on any atom is -0.481 e. The van der Waals surface area contributed by atoms with Crippen LogP contribution in [0, 0.1) is 6.92 Å². The normalized spacial score (nSPS) is 10.4. The molecule has 5 heteroatoms. The smallest absolute Gasteiger partial charge is 0.303 e. The quantitative estimate of drug-likeness (QED) is 0.867. The molecule has 88 valence electrons. The third-order valence-electron chi connectivity index (χ3n) is 2.34. The Hall–Kier alpha value is -2.17. The molecule has 0 unspecified atom stereocenters. The fourth-order valence-corrected chi connectivity index (χ4v) is 1.62. The second-order valence-corrected chi connectivity index (χ2v) is 3.72. The summed E-state index contributed by atoms with van der Waals surface area (Å²) in [4.78, 5) is 14.8. The van der Waals surface area contributed by atoms with Crippen molar-refractivity contribution in [3.63, 3.8) is 0 Å². The van der Waals surface area contributed by atoms with Gasteiger partial charge in [0.25, 0.3) is 0 Å². The first-order valence-electron chi connectivity index (χ1n) is 5.36. The van der Waals surface area contributed by atoms with Gasteiger partial charge in [-0.05, 0) is 19.1 Å². The van der Waals surface area contributed by atoms with Gasteiger partial charge in [-0.25, -0.2) is 9.67 Å². The van der Waals surface area contributed by atoms with Crippen LogP contribution in [0.25, 0.3) is 5.69 Å². The summed E-state index contributed by atoms with van der Waals surface area (Å²) in [6.45, 7) is 1.80. The van der Waals surface area contributed by atoms with Gasteiger partial charge >= 0.3 is 5.97 Å². The lowest BCUT2D eigenvalue weighted by Crippen LogP contribution is -2.06. The van der Waals surface area contributed by atoms with Crippen molar-refractivity contribution in [1.29, 1.82) is 0 Å². The van der Waals surface area contributed by atoms with Gasteiger partial charge in [0.1, 0.15) is 11.6 Å². The van der Waals surface area contributed by atoms with E-state index in [9.17, 15) is 4.79 Å². The number of nitrogens with zero attached hydrogens (tertiary/aromatic N) is 3. The number of aromatic nitrogens is 3. The molecular weight excluding hydrogens is 218 g/mol. The highest BCUT2D eigenvalue weighted by molar-refractivity contribution is 5.66. The van der Waals surface area contributed by atoms with Crippen LogP contribution >= 0.6 is 0 Å². The molecule has 0 radical (unpaired) electrons. The zero-order valence-corrected chi connectivity index (χ0v) is 9.50. The monoisotopic (exact) mass is 231 g/mol. The fourth-order valence-electron chi connectivity index (χ4n) is 1.62. The van der Waals surface area contributed by atoms with E-state index in [0.717, 1.165) is 5.69 Å². The molecule has 1 heterocycles. The SMILES string of the molecule is Cc1nc(CCC(=O)O)n(-c2ccccc2)n1. The van der Waals surface area contributed by atoms with Gasteiger partial charge in [0.15, 0.2) is 0 Å². The van der Waals surface area contributed by atoms with E-state index in [1.807, 2.05) is 30.3 Å². The Labute approximate surface area is 98.7 Å². The molecule has 0 atom stereocenters. The summed E-state index contributed by atoms with van der Waals surface area (Å²) in [5.41, 5.74) is 0.897. The lowest BCUT2D eigenvalue weighted by molar-refractivity contribution is -0.137. The van der Waals surface area contributed by atoms with Crippen molar-refractivity contribution in [3.05, 3.63) is 42.0 Å². The van der Waals surface area contributed by atoms with Crippen LogP contribution in [0.1, 0.15) is 18.1 Å². The lowest BCUT2D eigenvalue weighted by Gasteiger charge is -2.04. The maximum absolute atomic E-state index is 10.6. The molecule has 2 aromatic rings. The van der Waals surface area contributed by atoms with Crippen LogP contribution in [-0.4, -0.2) is 25.8 Å². The van der Waals surface area contributed by atoms with Gasteiger partial charge in [-0.3, -0.25) is 4.79 Å². The molecule has 0 saturated heterocycles. The number of aliphatic carboxylic acids is 1. The third kappa shape index (κ3) is 2.69. The summed E-state index contributed by atoms with van der Waals surface area (Å²) in [5, 5.41) is 13.0. The number of hydrogen-bond acceptors (Lipinski definition) is 3. The van der Waals surface area contributed by atoms with Crippen molar-refractivity contribution in [2.75, 3.05) is 0 Å². The predicted molar refractivity (Wildman–Crippen MR) is 62.1 cm³/mol. The van der Waals surface area contributed by atoms with Gasteiger partial charge in [-0.2, -0.15) is 5.10 Å². The summed E-state index contributed by atoms with van der Waals surface area (Å²) in [7, 11) is 0. The Bertz CT molecular complexity index is 520. The Morgan fingerprint density at radius 1 is 1.35 bits per heavy atom. The van der Waals surface area contributed by atoms with Crippen molar-refractivity contribution in [2.24, 2.45) is 0 Å². The van der Waals surface area contributed by atoms with Crippen LogP contribution in [0.4, 0.5) is 0 Å². The molecule has 1 N–H and O–H groups in total. The predicted octanol–water partition coefficient (Wildman–Crippen LogP) is 1.59. The third-order valence-corrected chi connectivity index (χ3v) is 2.34. The number of carbonyl (C=O) groups is 1. The maximum Gasteiger partial charge on any atom is 0.303 e. The average Bonchev–Trinajstić information content (AvgIpc) is 2.69. The van der Waals surface area contributed by atoms with Gasteiger partial charge in [0, 0.05) is 6.42 Å². The average molecular weight is 231 g/mol. The first kappa shape index (κ1) is 11.3. The summed E-state index contributed by atoms with van der Waals surface area (Å²) in [5.74, 6) is 0.496. The second-order valence-electron chi connectivity index (χ2n) is 3.72. The molecule has 0 bridgehead atoms. The van der Waals surface area contributed by atoms with E-state index in [1.54, 1.807) is 11.6 Å². The molecule has 1 aromatic carbocycles. The Morgan fingerprint density at radius 2 is 2.06 bits per heavy atom. The second kappa shape index (κ2) is 4.78. The van der Waals surface area contributed by atoms with E-state index in [-0.39, 0.29) is 6.42 Å². The van der Waals surface area contributed by atoms with Gasteiger partial charge < -0.3 is 5.11 Å². The molecule has 1 aromatic heterocycles. The first-order valence-corrected chi connectivity index (χ1v) is 5.36. The number of para-hydroxylation sites is 1.